The zero-order valence-corrected chi connectivity index (χ0v) is 18.5. The lowest BCUT2D eigenvalue weighted by atomic mass is 10.0. The molecule has 0 aromatic heterocycles. The molecular formula is C23H31N3O3S. The number of thioether (sulfide) groups is 1. The molecule has 1 N–H and O–H groups in total. The maximum absolute atomic E-state index is 12.2. The van der Waals surface area contributed by atoms with Gasteiger partial charge in [-0.05, 0) is 42.0 Å². The van der Waals surface area contributed by atoms with Gasteiger partial charge in [0.25, 0.3) is 5.91 Å². The highest BCUT2D eigenvalue weighted by Gasteiger charge is 2.39. The van der Waals surface area contributed by atoms with Crippen LogP contribution < -0.4 is 10.2 Å². The van der Waals surface area contributed by atoms with Crippen LogP contribution in [0.15, 0.2) is 34.2 Å². The first kappa shape index (κ1) is 21.4. The zero-order chi connectivity index (χ0) is 20.8. The van der Waals surface area contributed by atoms with Crippen LogP contribution in [0.1, 0.15) is 51.0 Å². The van der Waals surface area contributed by atoms with Gasteiger partial charge in [0.2, 0.25) is 0 Å². The van der Waals surface area contributed by atoms with Crippen LogP contribution in [0, 0.1) is 0 Å². The van der Waals surface area contributed by atoms with E-state index in [-0.39, 0.29) is 11.7 Å². The Bertz CT molecular complexity index is 790. The van der Waals surface area contributed by atoms with Crippen molar-refractivity contribution in [3.05, 3.63) is 34.7 Å². The van der Waals surface area contributed by atoms with Gasteiger partial charge in [-0.2, -0.15) is 0 Å². The summed E-state index contributed by atoms with van der Waals surface area (Å²) in [6.45, 7) is 6.25. The minimum absolute atomic E-state index is 0.0609. The summed E-state index contributed by atoms with van der Waals surface area (Å²) in [6, 6.07) is 8.40. The van der Waals surface area contributed by atoms with Gasteiger partial charge in [0.05, 0.1) is 18.1 Å². The third kappa shape index (κ3) is 5.25. The number of carbonyl (C=O) groups excluding carboxylic acids is 1. The maximum Gasteiger partial charge on any atom is 0.264 e. The van der Waals surface area contributed by atoms with E-state index in [9.17, 15) is 4.79 Å². The summed E-state index contributed by atoms with van der Waals surface area (Å²) < 4.78 is 11.6. The molecule has 0 aliphatic carbocycles. The molecule has 0 unspecified atom stereocenters. The van der Waals surface area contributed by atoms with E-state index in [1.807, 2.05) is 6.08 Å². The quantitative estimate of drug-likeness (QED) is 0.521. The summed E-state index contributed by atoms with van der Waals surface area (Å²) in [5.41, 5.74) is 2.22. The van der Waals surface area contributed by atoms with Gasteiger partial charge in [0.1, 0.15) is 0 Å². The lowest BCUT2D eigenvalue weighted by Gasteiger charge is -2.38. The average molecular weight is 430 g/mol. The van der Waals surface area contributed by atoms with Crippen LogP contribution in [-0.2, 0) is 14.3 Å². The highest BCUT2D eigenvalue weighted by Crippen LogP contribution is 2.33. The second-order valence-corrected chi connectivity index (χ2v) is 9.03. The molecule has 3 heterocycles. The third-order valence-corrected chi connectivity index (χ3v) is 6.76. The molecule has 3 fully saturated rings. The number of nitrogens with one attached hydrogen (secondary N) is 1. The summed E-state index contributed by atoms with van der Waals surface area (Å²) in [5, 5.41) is 3.60. The fourth-order valence-corrected chi connectivity index (χ4v) is 4.89. The SMILES string of the molecule is CCCCCCN=C1NC(=O)/C(=C/c2ccc(N3CCC4(CC3)OCCO4)cc2)S1. The Morgan fingerprint density at radius 2 is 1.87 bits per heavy atom. The van der Waals surface area contributed by atoms with E-state index in [1.54, 1.807) is 0 Å². The largest absolute Gasteiger partial charge is 0.371 e. The van der Waals surface area contributed by atoms with E-state index in [2.05, 4.69) is 46.4 Å². The number of rotatable bonds is 7. The van der Waals surface area contributed by atoms with Crippen molar-refractivity contribution in [2.75, 3.05) is 37.7 Å². The number of anilines is 1. The molecule has 1 amide bonds. The summed E-state index contributed by atoms with van der Waals surface area (Å²) in [5.74, 6) is -0.405. The zero-order valence-electron chi connectivity index (χ0n) is 17.7. The Morgan fingerprint density at radius 1 is 1.13 bits per heavy atom. The smallest absolute Gasteiger partial charge is 0.264 e. The normalized spacial score (nSPS) is 23.6. The highest BCUT2D eigenvalue weighted by atomic mass is 32.2. The molecular weight excluding hydrogens is 398 g/mol. The van der Waals surface area contributed by atoms with Gasteiger partial charge in [-0.3, -0.25) is 9.79 Å². The van der Waals surface area contributed by atoms with Gasteiger partial charge in [-0.1, -0.05) is 38.3 Å². The monoisotopic (exact) mass is 429 g/mol. The first-order valence-corrected chi connectivity index (χ1v) is 11.9. The van der Waals surface area contributed by atoms with Crippen LogP contribution >= 0.6 is 11.8 Å². The molecule has 7 heteroatoms. The Hall–Kier alpha value is -1.83. The van der Waals surface area contributed by atoms with Crippen LogP contribution in [0.2, 0.25) is 0 Å². The fraction of sp³-hybridized carbons (Fsp3) is 0.565. The molecule has 4 rings (SSSR count). The fourth-order valence-electron chi connectivity index (χ4n) is 4.04. The van der Waals surface area contributed by atoms with E-state index in [1.165, 1.54) is 36.7 Å². The number of carbonyl (C=O) groups is 1. The van der Waals surface area contributed by atoms with Crippen LogP contribution in [0.5, 0.6) is 0 Å². The van der Waals surface area contributed by atoms with Crippen molar-refractivity contribution >= 4 is 34.6 Å². The topological polar surface area (TPSA) is 63.2 Å². The first-order chi connectivity index (χ1) is 14.7. The second kappa shape index (κ2) is 9.98. The van der Waals surface area contributed by atoms with Gasteiger partial charge in [-0.25, -0.2) is 0 Å². The van der Waals surface area contributed by atoms with E-state index in [0.717, 1.165) is 49.6 Å². The standard InChI is InChI=1S/C23H31N3O3S/c1-2-3-4-5-12-24-22-25-21(27)20(30-22)17-18-6-8-19(9-7-18)26-13-10-23(11-14-26)28-15-16-29-23/h6-9,17H,2-5,10-16H2,1H3,(H,24,25,27)/b20-17-. The number of hydrogen-bond acceptors (Lipinski definition) is 6. The predicted octanol–water partition coefficient (Wildman–Crippen LogP) is 4.17. The molecule has 1 aromatic carbocycles. The van der Waals surface area contributed by atoms with Gasteiger partial charge >= 0.3 is 0 Å². The molecule has 0 bridgehead atoms. The highest BCUT2D eigenvalue weighted by molar-refractivity contribution is 8.18. The molecule has 0 atom stereocenters. The molecule has 0 saturated carbocycles. The molecule has 1 aromatic rings. The molecule has 30 heavy (non-hydrogen) atoms. The van der Waals surface area contributed by atoms with E-state index in [0.29, 0.717) is 18.1 Å². The Labute approximate surface area is 183 Å². The van der Waals surface area contributed by atoms with Crippen LogP contribution in [-0.4, -0.2) is 49.7 Å². The van der Waals surface area contributed by atoms with E-state index >= 15 is 0 Å². The van der Waals surface area contributed by atoms with E-state index < -0.39 is 0 Å². The number of benzene rings is 1. The van der Waals surface area contributed by atoms with Gasteiger partial charge in [0.15, 0.2) is 11.0 Å². The van der Waals surface area contributed by atoms with E-state index in [4.69, 9.17) is 9.47 Å². The Morgan fingerprint density at radius 3 is 2.57 bits per heavy atom. The summed E-state index contributed by atoms with van der Waals surface area (Å²) in [6.07, 6.45) is 8.46. The minimum Gasteiger partial charge on any atom is -0.371 e. The molecule has 162 valence electrons. The molecule has 6 nitrogen and oxygen atoms in total. The number of hydrogen-bond donors (Lipinski definition) is 1. The molecule has 3 saturated heterocycles. The van der Waals surface area contributed by atoms with Crippen LogP contribution in [0.3, 0.4) is 0 Å². The Kier molecular flexibility index (Phi) is 7.12. The van der Waals surface area contributed by atoms with Crippen molar-refractivity contribution in [3.63, 3.8) is 0 Å². The molecule has 0 radical (unpaired) electrons. The van der Waals surface area contributed by atoms with Crippen molar-refractivity contribution in [1.82, 2.24) is 5.32 Å². The number of aliphatic imine (C=N–C) groups is 1. The van der Waals surface area contributed by atoms with Crippen molar-refractivity contribution in [2.24, 2.45) is 4.99 Å². The lowest BCUT2D eigenvalue weighted by Crippen LogP contribution is -2.45. The number of amidine groups is 1. The average Bonchev–Trinajstić information content (AvgIpc) is 3.36. The number of piperidine rings is 1. The third-order valence-electron chi connectivity index (χ3n) is 5.81. The minimum atomic E-state index is -0.344. The van der Waals surface area contributed by atoms with Gasteiger partial charge < -0.3 is 19.7 Å². The predicted molar refractivity (Wildman–Crippen MR) is 123 cm³/mol. The lowest BCUT2D eigenvalue weighted by molar-refractivity contribution is -0.169. The first-order valence-electron chi connectivity index (χ1n) is 11.1. The van der Waals surface area contributed by atoms with Crippen molar-refractivity contribution in [2.45, 2.75) is 51.2 Å². The maximum atomic E-state index is 12.2. The summed E-state index contributed by atoms with van der Waals surface area (Å²) in [7, 11) is 0. The van der Waals surface area contributed by atoms with Crippen molar-refractivity contribution in [3.8, 4) is 0 Å². The number of unbranched alkanes of at least 4 members (excludes halogenated alkanes) is 3. The van der Waals surface area contributed by atoms with Gasteiger partial charge in [0, 0.05) is 38.2 Å². The number of ether oxygens (including phenoxy) is 2. The van der Waals surface area contributed by atoms with Crippen LogP contribution in [0.25, 0.3) is 6.08 Å². The number of amides is 1. The molecule has 1 spiro atoms. The number of nitrogens with zero attached hydrogens (tertiary/aromatic N) is 2. The molecule has 3 aliphatic heterocycles. The summed E-state index contributed by atoms with van der Waals surface area (Å²) in [4.78, 5) is 19.8. The Balaban J connectivity index is 1.31. The van der Waals surface area contributed by atoms with Crippen LogP contribution in [0.4, 0.5) is 5.69 Å². The van der Waals surface area contributed by atoms with Crippen molar-refractivity contribution in [1.29, 1.82) is 0 Å². The van der Waals surface area contributed by atoms with Crippen molar-refractivity contribution < 1.29 is 14.3 Å². The van der Waals surface area contributed by atoms with Gasteiger partial charge in [-0.15, -0.1) is 0 Å². The second-order valence-electron chi connectivity index (χ2n) is 8.00. The summed E-state index contributed by atoms with van der Waals surface area (Å²) >= 11 is 1.43. The molecule has 3 aliphatic rings.